The first-order valence-electron chi connectivity index (χ1n) is 7.16. The van der Waals surface area contributed by atoms with Crippen molar-refractivity contribution < 1.29 is 0 Å². The van der Waals surface area contributed by atoms with Crippen LogP contribution in [0.4, 0.5) is 11.4 Å². The van der Waals surface area contributed by atoms with Crippen LogP contribution in [0.25, 0.3) is 5.65 Å². The number of fused-ring (bicyclic) bond motifs is 2. The summed E-state index contributed by atoms with van der Waals surface area (Å²) in [5.41, 5.74) is 9.63. The third-order valence-electron chi connectivity index (χ3n) is 4.18. The van der Waals surface area contributed by atoms with Gasteiger partial charge >= 0.3 is 0 Å². The van der Waals surface area contributed by atoms with E-state index in [2.05, 4.69) is 32.4 Å². The molecule has 8 heteroatoms. The van der Waals surface area contributed by atoms with Crippen molar-refractivity contribution in [2.75, 3.05) is 29.4 Å². The van der Waals surface area contributed by atoms with E-state index in [0.29, 0.717) is 6.00 Å². The highest BCUT2D eigenvalue weighted by atomic mass is 35.5. The number of rotatable bonds is 5. The third kappa shape index (κ3) is 2.20. The molecule has 21 heavy (non-hydrogen) atoms. The topological polar surface area (TPSA) is 75.6 Å². The van der Waals surface area contributed by atoms with Gasteiger partial charge in [-0.05, 0) is 43.2 Å². The lowest BCUT2D eigenvalue weighted by Crippen LogP contribution is -2.40. The van der Waals surface area contributed by atoms with Crippen LogP contribution in [0.3, 0.4) is 0 Å². The van der Waals surface area contributed by atoms with Crippen LogP contribution in [-0.2, 0) is 0 Å². The van der Waals surface area contributed by atoms with E-state index in [-0.39, 0.29) is 6.17 Å². The number of hydrogen-bond acceptors (Lipinski definition) is 6. The fraction of sp³-hybridized carbons (Fsp3) is 0.615. The van der Waals surface area contributed by atoms with E-state index in [4.69, 9.17) is 17.3 Å². The van der Waals surface area contributed by atoms with Crippen molar-refractivity contribution in [3.8, 4) is 0 Å². The van der Waals surface area contributed by atoms with Crippen molar-refractivity contribution in [3.63, 3.8) is 0 Å². The van der Waals surface area contributed by atoms with Crippen molar-refractivity contribution >= 4 is 28.6 Å². The van der Waals surface area contributed by atoms with E-state index in [9.17, 15) is 0 Å². The van der Waals surface area contributed by atoms with Gasteiger partial charge in [0, 0.05) is 13.1 Å². The zero-order valence-electron chi connectivity index (χ0n) is 12.3. The molecule has 0 bridgehead atoms. The monoisotopic (exact) mass is 309 g/mol. The Bertz CT molecular complexity index is 641. The Kier molecular flexibility index (Phi) is 3.86. The predicted octanol–water partition coefficient (Wildman–Crippen LogP) is 1.34. The number of hydrogen-bond donors (Lipinski definition) is 1. The Hall–Kier alpha value is -1.60. The van der Waals surface area contributed by atoms with Crippen molar-refractivity contribution in [2.45, 2.75) is 32.4 Å². The number of alkyl halides is 1. The largest absolute Gasteiger partial charge is 0.351 e. The summed E-state index contributed by atoms with van der Waals surface area (Å²) in [6, 6.07) is 2.45. The number of nitrogens with two attached hydrogens (primary N) is 1. The second kappa shape index (κ2) is 5.65. The van der Waals surface area contributed by atoms with Gasteiger partial charge in [0.1, 0.15) is 6.17 Å². The van der Waals surface area contributed by atoms with Gasteiger partial charge in [-0.1, -0.05) is 0 Å². The summed E-state index contributed by atoms with van der Waals surface area (Å²) in [5.74, 6) is 0. The molecular formula is C13H20ClN7. The molecule has 0 saturated carbocycles. The molecule has 0 amide bonds. The second-order valence-corrected chi connectivity index (χ2v) is 5.62. The van der Waals surface area contributed by atoms with Crippen LogP contribution in [0.2, 0.25) is 0 Å². The smallest absolute Gasteiger partial charge is 0.181 e. The summed E-state index contributed by atoms with van der Waals surface area (Å²) < 4.78 is 1.77. The quantitative estimate of drug-likeness (QED) is 0.510. The van der Waals surface area contributed by atoms with Gasteiger partial charge in [-0.15, -0.1) is 16.7 Å². The summed E-state index contributed by atoms with van der Waals surface area (Å²) in [4.78, 5) is 4.47. The van der Waals surface area contributed by atoms with Gasteiger partial charge in [0.25, 0.3) is 0 Å². The van der Waals surface area contributed by atoms with Crippen molar-refractivity contribution in [2.24, 2.45) is 5.73 Å². The lowest BCUT2D eigenvalue weighted by molar-refractivity contribution is 0.550. The van der Waals surface area contributed by atoms with Crippen molar-refractivity contribution in [1.29, 1.82) is 0 Å². The molecule has 0 saturated heterocycles. The zero-order chi connectivity index (χ0) is 15.0. The van der Waals surface area contributed by atoms with Crippen molar-refractivity contribution in [1.82, 2.24) is 20.0 Å². The predicted molar refractivity (Wildman–Crippen MR) is 83.8 cm³/mol. The lowest BCUT2D eigenvalue weighted by Gasteiger charge is -2.29. The number of pyridine rings is 1. The fourth-order valence-corrected chi connectivity index (χ4v) is 3.43. The van der Waals surface area contributed by atoms with Gasteiger partial charge in [-0.3, -0.25) is 0 Å². The maximum absolute atomic E-state index is 6.20. The van der Waals surface area contributed by atoms with Gasteiger partial charge in [0.15, 0.2) is 5.65 Å². The number of aromatic nitrogens is 4. The first-order valence-corrected chi connectivity index (χ1v) is 7.69. The summed E-state index contributed by atoms with van der Waals surface area (Å²) in [6.07, 6.45) is 3.40. The van der Waals surface area contributed by atoms with E-state index in [1.807, 2.05) is 13.0 Å². The minimum Gasteiger partial charge on any atom is -0.351 e. The van der Waals surface area contributed by atoms with E-state index in [1.165, 1.54) is 0 Å². The van der Waals surface area contributed by atoms with Crippen LogP contribution < -0.4 is 15.5 Å². The molecule has 0 aromatic carbocycles. The Morgan fingerprint density at radius 3 is 2.90 bits per heavy atom. The molecule has 114 valence electrons. The Labute approximate surface area is 128 Å². The molecule has 7 nitrogen and oxygen atoms in total. The molecule has 3 heterocycles. The first-order chi connectivity index (χ1) is 10.2. The number of nitrogens with zero attached hydrogens (tertiary/aromatic N) is 6. The van der Waals surface area contributed by atoms with E-state index < -0.39 is 0 Å². The van der Waals surface area contributed by atoms with Crippen LogP contribution in [0.1, 0.15) is 25.0 Å². The van der Waals surface area contributed by atoms with Crippen LogP contribution >= 0.6 is 11.6 Å². The maximum atomic E-state index is 6.20. The summed E-state index contributed by atoms with van der Waals surface area (Å²) in [7, 11) is 2.10. The minimum absolute atomic E-state index is 0.253. The average Bonchev–Trinajstić information content (AvgIpc) is 3.04. The van der Waals surface area contributed by atoms with Gasteiger partial charge in [-0.2, -0.15) is 4.52 Å². The van der Waals surface area contributed by atoms with E-state index in [0.717, 1.165) is 48.5 Å². The SMILES string of the molecule is Cc1c2c(cc3nnnn13)N(CCl)C(CCCCN)N2C. The first kappa shape index (κ1) is 14.3. The molecule has 3 rings (SSSR count). The molecule has 1 atom stereocenters. The molecule has 1 unspecified atom stereocenters. The number of unbranched alkanes of at least 4 members (excludes halogenated alkanes) is 1. The van der Waals surface area contributed by atoms with Gasteiger partial charge in [0.05, 0.1) is 23.1 Å². The molecular weight excluding hydrogens is 290 g/mol. The number of halogens is 1. The summed E-state index contributed by atoms with van der Waals surface area (Å²) in [6.45, 7) is 2.76. The Morgan fingerprint density at radius 2 is 2.19 bits per heavy atom. The molecule has 0 spiro atoms. The second-order valence-electron chi connectivity index (χ2n) is 5.38. The summed E-state index contributed by atoms with van der Waals surface area (Å²) >= 11 is 6.20. The molecule has 2 aromatic heterocycles. The number of anilines is 2. The van der Waals surface area contributed by atoms with Crippen LogP contribution in [0, 0.1) is 6.92 Å². The summed E-state index contributed by atoms with van der Waals surface area (Å²) in [5, 5.41) is 11.8. The Balaban J connectivity index is 2.01. The number of aryl methyl sites for hydroxylation is 1. The minimum atomic E-state index is 0.253. The highest BCUT2D eigenvalue weighted by Crippen LogP contribution is 2.42. The highest BCUT2D eigenvalue weighted by molar-refractivity contribution is 6.19. The van der Waals surface area contributed by atoms with Crippen molar-refractivity contribution in [3.05, 3.63) is 11.8 Å². The molecule has 2 N–H and O–H groups in total. The van der Waals surface area contributed by atoms with Gasteiger partial charge in [0.2, 0.25) is 0 Å². The van der Waals surface area contributed by atoms with Gasteiger partial charge < -0.3 is 15.5 Å². The molecule has 0 radical (unpaired) electrons. The van der Waals surface area contributed by atoms with Crippen LogP contribution in [0.5, 0.6) is 0 Å². The van der Waals surface area contributed by atoms with Crippen LogP contribution in [-0.4, -0.2) is 45.8 Å². The molecule has 0 aliphatic carbocycles. The highest BCUT2D eigenvalue weighted by Gasteiger charge is 2.35. The van der Waals surface area contributed by atoms with E-state index in [1.54, 1.807) is 4.52 Å². The lowest BCUT2D eigenvalue weighted by atomic mass is 10.2. The van der Waals surface area contributed by atoms with E-state index >= 15 is 0 Å². The fourth-order valence-electron chi connectivity index (χ4n) is 3.14. The molecule has 0 fully saturated rings. The molecule has 2 aromatic rings. The standard InChI is InChI=1S/C13H20ClN7/c1-9-13-10(7-11-16-17-18-21(9)11)20(8-14)12(19(13)2)5-3-4-6-15/h7,12H,3-6,8,15H2,1-2H3. The zero-order valence-corrected chi connectivity index (χ0v) is 13.1. The molecule has 1 aliphatic rings. The third-order valence-corrected chi connectivity index (χ3v) is 4.43. The number of tetrazole rings is 1. The maximum Gasteiger partial charge on any atom is 0.181 e. The average molecular weight is 310 g/mol. The van der Waals surface area contributed by atoms with Crippen LogP contribution in [0.15, 0.2) is 6.07 Å². The Morgan fingerprint density at radius 1 is 1.38 bits per heavy atom. The molecule has 1 aliphatic heterocycles. The normalized spacial score (nSPS) is 17.8. The van der Waals surface area contributed by atoms with Gasteiger partial charge in [-0.25, -0.2) is 0 Å².